The van der Waals surface area contributed by atoms with Crippen LogP contribution in [0.3, 0.4) is 0 Å². The van der Waals surface area contributed by atoms with Gasteiger partial charge in [-0.1, -0.05) is 6.92 Å². The first kappa shape index (κ1) is 18.9. The molecular weight excluding hydrogens is 386 g/mol. The highest BCUT2D eigenvalue weighted by atomic mass is 16.3. The molecule has 0 radical (unpaired) electrons. The molecule has 0 amide bonds. The van der Waals surface area contributed by atoms with E-state index in [0.29, 0.717) is 35.6 Å². The summed E-state index contributed by atoms with van der Waals surface area (Å²) < 4.78 is 1.68. The van der Waals surface area contributed by atoms with E-state index in [1.54, 1.807) is 17.1 Å². The summed E-state index contributed by atoms with van der Waals surface area (Å²) in [4.78, 5) is 13.6. The van der Waals surface area contributed by atoms with Crippen LogP contribution in [0.5, 0.6) is 0 Å². The number of carbonyl (C=O) groups is 1. The van der Waals surface area contributed by atoms with E-state index in [9.17, 15) is 9.90 Å². The van der Waals surface area contributed by atoms with Gasteiger partial charge < -0.3 is 5.11 Å². The minimum Gasteiger partial charge on any atom is -0.390 e. The fourth-order valence-corrected chi connectivity index (χ4v) is 10.5. The third-order valence-corrected chi connectivity index (χ3v) is 11.4. The Morgan fingerprint density at radius 1 is 1.16 bits per heavy atom. The monoisotopic (exact) mass is 419 g/mol. The molecule has 11 atom stereocenters. The Hall–Kier alpha value is -1.67. The van der Waals surface area contributed by atoms with Crippen molar-refractivity contribution >= 4 is 5.78 Å². The van der Waals surface area contributed by atoms with Crippen molar-refractivity contribution in [1.29, 1.82) is 5.26 Å². The van der Waals surface area contributed by atoms with Crippen molar-refractivity contribution in [3.8, 4) is 6.07 Å². The highest BCUT2D eigenvalue weighted by Gasteiger charge is 2.99. The molecule has 8 rings (SSSR count). The number of aromatic nitrogens is 2. The molecule has 7 aliphatic carbocycles. The van der Waals surface area contributed by atoms with E-state index in [0.717, 1.165) is 42.4 Å². The summed E-state index contributed by atoms with van der Waals surface area (Å²) in [6.45, 7) is 4.84. The van der Waals surface area contributed by atoms with Gasteiger partial charge in [0.1, 0.15) is 12.6 Å². The molecule has 0 aliphatic heterocycles. The van der Waals surface area contributed by atoms with Crippen LogP contribution in [0.2, 0.25) is 0 Å². The molecule has 164 valence electrons. The van der Waals surface area contributed by atoms with Crippen LogP contribution in [0.1, 0.15) is 64.4 Å². The zero-order chi connectivity index (χ0) is 21.3. The maximum atomic E-state index is 13.6. The standard InChI is InChI=1S/C26H33N3O2/c1-24(31)7-5-16-15(9-24)3-4-18-17(16)6-8-25(2)21(18)20-22-23(20)26(22,25)19(30)13-29-12-14(10-27)11-28-29/h11-12,15-18,20-23,31H,3-9,13H2,1-2H3/t15-,16+,17-,18-,20-,21-,22?,23-,24-,25+,26+/m1/s1. The van der Waals surface area contributed by atoms with Crippen molar-refractivity contribution in [2.75, 3.05) is 0 Å². The number of ketones is 1. The first-order chi connectivity index (χ1) is 14.8. The van der Waals surface area contributed by atoms with Crippen molar-refractivity contribution in [3.63, 3.8) is 0 Å². The molecule has 1 N–H and O–H groups in total. The predicted octanol–water partition coefficient (Wildman–Crippen LogP) is 3.81. The highest BCUT2D eigenvalue weighted by molar-refractivity contribution is 5.93. The van der Waals surface area contributed by atoms with Gasteiger partial charge in [0.15, 0.2) is 5.78 Å². The van der Waals surface area contributed by atoms with Gasteiger partial charge in [0, 0.05) is 11.6 Å². The summed E-state index contributed by atoms with van der Waals surface area (Å²) in [5.74, 6) is 6.35. The lowest BCUT2D eigenvalue weighted by Crippen LogP contribution is -2.51. The molecule has 7 fully saturated rings. The summed E-state index contributed by atoms with van der Waals surface area (Å²) in [5.41, 5.74) is 0.163. The molecule has 5 heteroatoms. The average Bonchev–Trinajstić information content (AvgIpc) is 3.50. The quantitative estimate of drug-likeness (QED) is 0.808. The van der Waals surface area contributed by atoms with Crippen LogP contribution in [0.25, 0.3) is 0 Å². The Morgan fingerprint density at radius 2 is 1.94 bits per heavy atom. The van der Waals surface area contributed by atoms with Crippen LogP contribution in [-0.2, 0) is 11.3 Å². The molecule has 5 nitrogen and oxygen atoms in total. The van der Waals surface area contributed by atoms with Crippen molar-refractivity contribution < 1.29 is 9.90 Å². The minimum atomic E-state index is -0.454. The van der Waals surface area contributed by atoms with E-state index in [-0.39, 0.29) is 10.8 Å². The van der Waals surface area contributed by atoms with Gasteiger partial charge in [-0.3, -0.25) is 9.48 Å². The van der Waals surface area contributed by atoms with Gasteiger partial charge in [-0.05, 0) is 105 Å². The van der Waals surface area contributed by atoms with Crippen LogP contribution >= 0.6 is 0 Å². The largest absolute Gasteiger partial charge is 0.390 e. The van der Waals surface area contributed by atoms with Crippen molar-refractivity contribution in [3.05, 3.63) is 18.0 Å². The lowest BCUT2D eigenvalue weighted by atomic mass is 9.49. The van der Waals surface area contributed by atoms with Gasteiger partial charge in [-0.2, -0.15) is 10.4 Å². The maximum Gasteiger partial charge on any atom is 0.161 e. The van der Waals surface area contributed by atoms with E-state index in [1.165, 1.54) is 32.1 Å². The minimum absolute atomic E-state index is 0.0842. The number of Topliss-reactive ketones (excluding diaryl/α,β-unsaturated/α-hetero) is 1. The third kappa shape index (κ3) is 2.12. The van der Waals surface area contributed by atoms with E-state index in [4.69, 9.17) is 5.26 Å². The normalized spacial score (nSPS) is 55.3. The van der Waals surface area contributed by atoms with Gasteiger partial charge in [-0.15, -0.1) is 0 Å². The number of hydrogen-bond acceptors (Lipinski definition) is 4. The van der Waals surface area contributed by atoms with Gasteiger partial charge in [0.05, 0.1) is 17.4 Å². The number of hydrogen-bond donors (Lipinski definition) is 1. The number of fused-ring (bicyclic) bond motifs is 3. The smallest absolute Gasteiger partial charge is 0.161 e. The number of nitriles is 1. The molecule has 0 spiro atoms. The molecule has 0 aromatic carbocycles. The molecule has 7 saturated carbocycles. The van der Waals surface area contributed by atoms with E-state index in [1.807, 2.05) is 6.92 Å². The van der Waals surface area contributed by atoms with Gasteiger partial charge in [-0.25, -0.2) is 0 Å². The molecule has 31 heavy (non-hydrogen) atoms. The number of carbonyl (C=O) groups excluding carboxylic acids is 1. The van der Waals surface area contributed by atoms with Crippen molar-refractivity contribution in [2.45, 2.75) is 70.9 Å². The first-order valence-electron chi connectivity index (χ1n) is 12.5. The molecule has 2 bridgehead atoms. The highest BCUT2D eigenvalue weighted by Crippen LogP contribution is 2.99. The molecule has 1 aromatic rings. The molecule has 1 heterocycles. The van der Waals surface area contributed by atoms with E-state index in [2.05, 4.69) is 18.1 Å². The van der Waals surface area contributed by atoms with Crippen LogP contribution in [-0.4, -0.2) is 26.3 Å². The topological polar surface area (TPSA) is 78.9 Å². The molecule has 1 aromatic heterocycles. The Kier molecular flexibility index (Phi) is 3.42. The van der Waals surface area contributed by atoms with Gasteiger partial charge in [0.2, 0.25) is 0 Å². The lowest BCUT2D eigenvalue weighted by Gasteiger charge is -2.56. The third-order valence-electron chi connectivity index (χ3n) is 11.4. The molecule has 1 unspecified atom stereocenters. The van der Waals surface area contributed by atoms with Crippen molar-refractivity contribution in [2.24, 2.45) is 58.2 Å². The summed E-state index contributed by atoms with van der Waals surface area (Å²) in [6.07, 6.45) is 11.5. The second-order valence-electron chi connectivity index (χ2n) is 12.5. The summed E-state index contributed by atoms with van der Waals surface area (Å²) in [7, 11) is 0. The first-order valence-corrected chi connectivity index (χ1v) is 12.5. The summed E-state index contributed by atoms with van der Waals surface area (Å²) in [5, 5.41) is 24.0. The van der Waals surface area contributed by atoms with Crippen LogP contribution in [0.4, 0.5) is 0 Å². The van der Waals surface area contributed by atoms with E-state index < -0.39 is 5.60 Å². The molecule has 0 saturated heterocycles. The van der Waals surface area contributed by atoms with Gasteiger partial charge in [0.25, 0.3) is 0 Å². The Bertz CT molecular complexity index is 1010. The van der Waals surface area contributed by atoms with Crippen LogP contribution in [0, 0.1) is 69.5 Å². The zero-order valence-electron chi connectivity index (χ0n) is 18.6. The summed E-state index contributed by atoms with van der Waals surface area (Å²) >= 11 is 0. The second-order valence-corrected chi connectivity index (χ2v) is 12.5. The predicted molar refractivity (Wildman–Crippen MR) is 113 cm³/mol. The fraction of sp³-hybridized carbons (Fsp3) is 0.808. The average molecular weight is 420 g/mol. The maximum absolute atomic E-state index is 13.6. The van der Waals surface area contributed by atoms with E-state index >= 15 is 0 Å². The Morgan fingerprint density at radius 3 is 2.68 bits per heavy atom. The zero-order valence-corrected chi connectivity index (χ0v) is 18.6. The number of nitrogens with zero attached hydrogens (tertiary/aromatic N) is 3. The molecular formula is C26H33N3O2. The van der Waals surface area contributed by atoms with Gasteiger partial charge >= 0.3 is 0 Å². The summed E-state index contributed by atoms with van der Waals surface area (Å²) in [6, 6.07) is 2.12. The second kappa shape index (κ2) is 5.63. The van der Waals surface area contributed by atoms with Crippen molar-refractivity contribution in [1.82, 2.24) is 9.78 Å². The van der Waals surface area contributed by atoms with Crippen LogP contribution in [0.15, 0.2) is 12.4 Å². The molecule has 7 aliphatic rings. The lowest BCUT2D eigenvalue weighted by molar-refractivity contribution is -0.136. The fourth-order valence-electron chi connectivity index (χ4n) is 10.5. The number of rotatable bonds is 3. The van der Waals surface area contributed by atoms with Crippen LogP contribution < -0.4 is 0 Å². The number of aliphatic hydroxyl groups is 1. The SMILES string of the molecule is C[C@@]1(O)CC[C@H]2[C@H](CC[C@@H]3[C@@H]2CC[C@@]2(C)[C@H]3[C@@H]3C4[C@@H]3[C@]42C(=O)Cn2cc(C#N)cn2)C1. The Balaban J connectivity index is 1.14. The Labute approximate surface area is 184 Å².